The van der Waals surface area contributed by atoms with Gasteiger partial charge in [-0.25, -0.2) is 0 Å². The number of carbonyl (C=O) groups is 1. The normalized spacial score (nSPS) is 18.4. The Balaban J connectivity index is 1.79. The highest BCUT2D eigenvalue weighted by atomic mass is 16.5. The van der Waals surface area contributed by atoms with Crippen molar-refractivity contribution in [1.82, 2.24) is 5.32 Å². The fraction of sp³-hybridized carbons (Fsp3) is 0.435. The van der Waals surface area contributed by atoms with Crippen LogP contribution in [0.1, 0.15) is 50.8 Å². The van der Waals surface area contributed by atoms with E-state index < -0.39 is 11.7 Å². The molecule has 5 heteroatoms. The molecule has 3 rings (SSSR count). The first-order chi connectivity index (χ1) is 13.3. The lowest BCUT2D eigenvalue weighted by atomic mass is 9.89. The molecule has 0 spiro atoms. The van der Waals surface area contributed by atoms with Crippen LogP contribution in [0.4, 0.5) is 0 Å². The van der Waals surface area contributed by atoms with Crippen LogP contribution in [0, 0.1) is 6.92 Å². The molecule has 1 heterocycles. The van der Waals surface area contributed by atoms with Gasteiger partial charge in [0.05, 0.1) is 13.2 Å². The number of methoxy groups -OCH3 is 1. The summed E-state index contributed by atoms with van der Waals surface area (Å²) < 4.78 is 17.4. The molecular weight excluding hydrogens is 354 g/mol. The Morgan fingerprint density at radius 2 is 2.04 bits per heavy atom. The van der Waals surface area contributed by atoms with Gasteiger partial charge in [-0.15, -0.1) is 0 Å². The van der Waals surface area contributed by atoms with Crippen molar-refractivity contribution in [2.24, 2.45) is 0 Å². The van der Waals surface area contributed by atoms with Gasteiger partial charge in [0.25, 0.3) is 5.91 Å². The highest BCUT2D eigenvalue weighted by molar-refractivity contribution is 5.81. The van der Waals surface area contributed by atoms with Crippen LogP contribution in [0.5, 0.6) is 17.2 Å². The minimum Gasteiger partial charge on any atom is -0.497 e. The van der Waals surface area contributed by atoms with Gasteiger partial charge in [0.15, 0.2) is 6.10 Å². The van der Waals surface area contributed by atoms with Crippen LogP contribution in [0.25, 0.3) is 0 Å². The van der Waals surface area contributed by atoms with Crippen LogP contribution in [0.2, 0.25) is 0 Å². The molecule has 0 saturated heterocycles. The van der Waals surface area contributed by atoms with E-state index in [4.69, 9.17) is 14.2 Å². The molecule has 1 amide bonds. The highest BCUT2D eigenvalue weighted by Crippen LogP contribution is 2.41. The lowest BCUT2D eigenvalue weighted by molar-refractivity contribution is -0.129. The molecule has 1 aliphatic rings. The Morgan fingerprint density at radius 3 is 2.71 bits per heavy atom. The zero-order valence-electron chi connectivity index (χ0n) is 17.2. The second kappa shape index (κ2) is 8.13. The maximum atomic E-state index is 13.0. The molecule has 0 radical (unpaired) electrons. The lowest BCUT2D eigenvalue weighted by Gasteiger charge is -2.38. The zero-order valence-corrected chi connectivity index (χ0v) is 17.2. The molecule has 0 bridgehead atoms. The van der Waals surface area contributed by atoms with E-state index in [-0.39, 0.29) is 11.9 Å². The third-order valence-electron chi connectivity index (χ3n) is 5.02. The molecule has 2 unspecified atom stereocenters. The molecule has 2 aromatic rings. The lowest BCUT2D eigenvalue weighted by Crippen LogP contribution is -2.45. The number of rotatable bonds is 6. The van der Waals surface area contributed by atoms with E-state index in [1.807, 2.05) is 70.2 Å². The van der Waals surface area contributed by atoms with Crippen molar-refractivity contribution in [1.29, 1.82) is 0 Å². The number of hydrogen-bond acceptors (Lipinski definition) is 4. The Bertz CT molecular complexity index is 846. The van der Waals surface area contributed by atoms with Gasteiger partial charge in [0.1, 0.15) is 22.8 Å². The van der Waals surface area contributed by atoms with E-state index in [9.17, 15) is 4.79 Å². The Hall–Kier alpha value is -2.69. The van der Waals surface area contributed by atoms with Gasteiger partial charge < -0.3 is 19.5 Å². The SMILES string of the molecule is CCC(Oc1ccccc1C)C(=O)NC1CC(C)(C)Oc2cc(OC)ccc21. The molecule has 2 aromatic carbocycles. The fourth-order valence-corrected chi connectivity index (χ4v) is 3.52. The number of para-hydroxylation sites is 1. The Kier molecular flexibility index (Phi) is 5.82. The number of benzene rings is 2. The molecular formula is C23H29NO4. The van der Waals surface area contributed by atoms with Gasteiger partial charge in [0, 0.05) is 18.1 Å². The Labute approximate surface area is 167 Å². The molecule has 1 N–H and O–H groups in total. The third kappa shape index (κ3) is 4.41. The summed E-state index contributed by atoms with van der Waals surface area (Å²) in [5, 5.41) is 3.17. The number of amides is 1. The van der Waals surface area contributed by atoms with Gasteiger partial charge in [-0.05, 0) is 51.0 Å². The summed E-state index contributed by atoms with van der Waals surface area (Å²) in [6, 6.07) is 13.3. The van der Waals surface area contributed by atoms with Gasteiger partial charge in [-0.1, -0.05) is 25.1 Å². The fourth-order valence-electron chi connectivity index (χ4n) is 3.52. The minimum absolute atomic E-state index is 0.116. The largest absolute Gasteiger partial charge is 0.497 e. The first kappa shape index (κ1) is 20.1. The van der Waals surface area contributed by atoms with E-state index >= 15 is 0 Å². The number of fused-ring (bicyclic) bond motifs is 1. The van der Waals surface area contributed by atoms with Gasteiger partial charge in [-0.2, -0.15) is 0 Å². The predicted octanol–water partition coefficient (Wildman–Crippen LogP) is 4.58. The number of hydrogen-bond donors (Lipinski definition) is 1. The molecule has 2 atom stereocenters. The van der Waals surface area contributed by atoms with Gasteiger partial charge in [0.2, 0.25) is 0 Å². The standard InChI is InChI=1S/C23H29NO4/c1-6-19(27-20-10-8-7-9-15(20)2)22(25)24-18-14-23(3,4)28-21-13-16(26-5)11-12-17(18)21/h7-13,18-19H,6,14H2,1-5H3,(H,24,25). The number of ether oxygens (including phenoxy) is 3. The number of carbonyl (C=O) groups excluding carboxylic acids is 1. The molecule has 0 aromatic heterocycles. The van der Waals surface area contributed by atoms with Crippen molar-refractivity contribution in [2.45, 2.75) is 58.3 Å². The van der Waals surface area contributed by atoms with E-state index in [1.54, 1.807) is 7.11 Å². The van der Waals surface area contributed by atoms with Crippen LogP contribution in [0.3, 0.4) is 0 Å². The summed E-state index contributed by atoms with van der Waals surface area (Å²) in [4.78, 5) is 13.0. The summed E-state index contributed by atoms with van der Waals surface area (Å²) in [5.74, 6) is 2.10. The second-order valence-electron chi connectivity index (χ2n) is 7.81. The quantitative estimate of drug-likeness (QED) is 0.793. The third-order valence-corrected chi connectivity index (χ3v) is 5.02. The van der Waals surface area contributed by atoms with Crippen molar-refractivity contribution >= 4 is 5.91 Å². The first-order valence-corrected chi connectivity index (χ1v) is 9.72. The maximum absolute atomic E-state index is 13.0. The summed E-state index contributed by atoms with van der Waals surface area (Å²) >= 11 is 0. The zero-order chi connectivity index (χ0) is 20.3. The van der Waals surface area contributed by atoms with Gasteiger partial charge >= 0.3 is 0 Å². The van der Waals surface area contributed by atoms with E-state index in [1.165, 1.54) is 0 Å². The monoisotopic (exact) mass is 383 g/mol. The van der Waals surface area contributed by atoms with Crippen LogP contribution in [-0.4, -0.2) is 24.7 Å². The predicted molar refractivity (Wildman–Crippen MR) is 109 cm³/mol. The van der Waals surface area contributed by atoms with Crippen molar-refractivity contribution < 1.29 is 19.0 Å². The number of aryl methyl sites for hydroxylation is 1. The topological polar surface area (TPSA) is 56.8 Å². The summed E-state index contributed by atoms with van der Waals surface area (Å²) in [6.07, 6.45) is 0.718. The van der Waals surface area contributed by atoms with Crippen molar-refractivity contribution in [3.05, 3.63) is 53.6 Å². The Morgan fingerprint density at radius 1 is 1.29 bits per heavy atom. The summed E-state index contributed by atoms with van der Waals surface area (Å²) in [6.45, 7) is 7.98. The number of nitrogens with one attached hydrogen (secondary N) is 1. The molecule has 5 nitrogen and oxygen atoms in total. The van der Waals surface area contributed by atoms with Crippen LogP contribution >= 0.6 is 0 Å². The van der Waals surface area contributed by atoms with Crippen LogP contribution < -0.4 is 19.5 Å². The van der Waals surface area contributed by atoms with Crippen molar-refractivity contribution in [3.63, 3.8) is 0 Å². The van der Waals surface area contributed by atoms with E-state index in [0.29, 0.717) is 12.8 Å². The van der Waals surface area contributed by atoms with E-state index in [2.05, 4.69) is 5.32 Å². The maximum Gasteiger partial charge on any atom is 0.261 e. The van der Waals surface area contributed by atoms with Crippen molar-refractivity contribution in [3.8, 4) is 17.2 Å². The minimum atomic E-state index is -0.547. The molecule has 150 valence electrons. The van der Waals surface area contributed by atoms with E-state index in [0.717, 1.165) is 28.4 Å². The average Bonchev–Trinajstić information content (AvgIpc) is 2.65. The highest BCUT2D eigenvalue weighted by Gasteiger charge is 2.36. The average molecular weight is 383 g/mol. The molecule has 0 aliphatic carbocycles. The van der Waals surface area contributed by atoms with Crippen molar-refractivity contribution in [2.75, 3.05) is 7.11 Å². The van der Waals surface area contributed by atoms with Gasteiger partial charge in [-0.3, -0.25) is 4.79 Å². The molecule has 0 fully saturated rings. The first-order valence-electron chi connectivity index (χ1n) is 9.72. The smallest absolute Gasteiger partial charge is 0.261 e. The molecule has 28 heavy (non-hydrogen) atoms. The second-order valence-corrected chi connectivity index (χ2v) is 7.81. The summed E-state index contributed by atoms with van der Waals surface area (Å²) in [5.41, 5.74) is 1.58. The van der Waals surface area contributed by atoms with Crippen LogP contribution in [0.15, 0.2) is 42.5 Å². The molecule has 0 saturated carbocycles. The van der Waals surface area contributed by atoms with Crippen LogP contribution in [-0.2, 0) is 4.79 Å². The molecule has 1 aliphatic heterocycles. The summed E-state index contributed by atoms with van der Waals surface area (Å²) in [7, 11) is 1.63.